The summed E-state index contributed by atoms with van der Waals surface area (Å²) < 4.78 is 0. The molecule has 0 bridgehead atoms. The van der Waals surface area contributed by atoms with Crippen molar-refractivity contribution in [3.05, 3.63) is 28.8 Å². The molecule has 1 heterocycles. The van der Waals surface area contributed by atoms with Crippen molar-refractivity contribution in [3.8, 4) is 0 Å². The number of halogens is 1. The molecule has 0 aliphatic carbocycles. The third-order valence-corrected chi connectivity index (χ3v) is 5.15. The number of nitrogens with two attached hydrogens (primary N) is 1. The lowest BCUT2D eigenvalue weighted by molar-refractivity contribution is 0.0657. The van der Waals surface area contributed by atoms with Crippen LogP contribution in [0.2, 0.25) is 5.02 Å². The Morgan fingerprint density at radius 1 is 1.57 bits per heavy atom. The Bertz CT molecular complexity index is 507. The third-order valence-electron chi connectivity index (χ3n) is 3.96. The quantitative estimate of drug-likeness (QED) is 0.859. The van der Waals surface area contributed by atoms with Crippen LogP contribution in [0.15, 0.2) is 23.1 Å². The average Bonchev–Trinajstić information content (AvgIpc) is 2.48. The minimum absolute atomic E-state index is 0.0822. The summed E-state index contributed by atoms with van der Waals surface area (Å²) in [7, 11) is 0. The molecule has 5 heteroatoms. The van der Waals surface area contributed by atoms with Crippen LogP contribution in [0.5, 0.6) is 0 Å². The summed E-state index contributed by atoms with van der Waals surface area (Å²) >= 11 is 7.76. The highest BCUT2D eigenvalue weighted by Gasteiger charge is 2.27. The maximum atomic E-state index is 12.8. The van der Waals surface area contributed by atoms with Gasteiger partial charge in [-0.25, -0.2) is 0 Å². The normalized spacial score (nSPS) is 20.4. The minimum atomic E-state index is 0.0822. The predicted molar refractivity (Wildman–Crippen MR) is 90.1 cm³/mol. The highest BCUT2D eigenvalue weighted by molar-refractivity contribution is 7.99. The van der Waals surface area contributed by atoms with Gasteiger partial charge in [-0.15, -0.1) is 11.8 Å². The molecular weight excluding hydrogens is 304 g/mol. The minimum Gasteiger partial charge on any atom is -0.338 e. The summed E-state index contributed by atoms with van der Waals surface area (Å²) in [6.45, 7) is 5.67. The Labute approximate surface area is 136 Å². The second-order valence-corrected chi connectivity index (χ2v) is 7.33. The fraction of sp³-hybridized carbons (Fsp3) is 0.562. The van der Waals surface area contributed by atoms with Crippen LogP contribution in [0.25, 0.3) is 0 Å². The lowest BCUT2D eigenvalue weighted by atomic mass is 9.92. The van der Waals surface area contributed by atoms with Crippen LogP contribution in [-0.2, 0) is 0 Å². The molecule has 3 nitrogen and oxygen atoms in total. The van der Waals surface area contributed by atoms with Crippen LogP contribution >= 0.6 is 23.4 Å². The van der Waals surface area contributed by atoms with Gasteiger partial charge in [-0.2, -0.15) is 0 Å². The van der Waals surface area contributed by atoms with Gasteiger partial charge < -0.3 is 10.6 Å². The standard InChI is InChI=1S/C16H23ClN2OS/c1-3-21-15-7-6-13(17)9-14(15)16(20)19-8-4-5-12(10-19)11(2)18/h6-7,9,11-12H,3-5,8,10,18H2,1-2H3. The Morgan fingerprint density at radius 3 is 3.00 bits per heavy atom. The first-order valence-electron chi connectivity index (χ1n) is 7.50. The lowest BCUT2D eigenvalue weighted by Gasteiger charge is -2.35. The van der Waals surface area contributed by atoms with Gasteiger partial charge in [0.1, 0.15) is 0 Å². The van der Waals surface area contributed by atoms with Gasteiger partial charge in [-0.05, 0) is 49.6 Å². The molecule has 1 aliphatic heterocycles. The first-order valence-corrected chi connectivity index (χ1v) is 8.86. The molecule has 1 aromatic carbocycles. The molecular formula is C16H23ClN2OS. The molecule has 1 aromatic rings. The van der Waals surface area contributed by atoms with Crippen LogP contribution < -0.4 is 5.73 Å². The molecule has 2 unspecified atom stereocenters. The Hall–Kier alpha value is -0.710. The number of nitrogens with zero attached hydrogens (tertiary/aromatic N) is 1. The maximum absolute atomic E-state index is 12.8. The van der Waals surface area contributed by atoms with Crippen LogP contribution in [0.1, 0.15) is 37.0 Å². The van der Waals surface area contributed by atoms with Gasteiger partial charge in [0.15, 0.2) is 0 Å². The van der Waals surface area contributed by atoms with E-state index in [0.717, 1.165) is 42.1 Å². The fourth-order valence-corrected chi connectivity index (χ4v) is 3.69. The van der Waals surface area contributed by atoms with Crippen LogP contribution in [0.3, 0.4) is 0 Å². The summed E-state index contributed by atoms with van der Waals surface area (Å²) in [6.07, 6.45) is 2.13. The second-order valence-electron chi connectivity index (χ2n) is 5.59. The molecule has 0 radical (unpaired) electrons. The zero-order valence-electron chi connectivity index (χ0n) is 12.6. The molecule has 1 amide bonds. The number of carbonyl (C=O) groups is 1. The van der Waals surface area contributed by atoms with E-state index in [-0.39, 0.29) is 11.9 Å². The highest BCUT2D eigenvalue weighted by atomic mass is 35.5. The summed E-state index contributed by atoms with van der Waals surface area (Å²) in [6, 6.07) is 5.70. The lowest BCUT2D eigenvalue weighted by Crippen LogP contribution is -2.45. The van der Waals surface area contributed by atoms with E-state index in [1.165, 1.54) is 0 Å². The van der Waals surface area contributed by atoms with Gasteiger partial charge >= 0.3 is 0 Å². The SMILES string of the molecule is CCSc1ccc(Cl)cc1C(=O)N1CCCC(C(C)N)C1. The smallest absolute Gasteiger partial charge is 0.255 e. The van der Waals surface area contributed by atoms with Gasteiger partial charge in [-0.1, -0.05) is 18.5 Å². The molecule has 2 rings (SSSR count). The van der Waals surface area contributed by atoms with Crippen molar-refractivity contribution in [3.63, 3.8) is 0 Å². The number of benzene rings is 1. The van der Waals surface area contributed by atoms with E-state index in [1.807, 2.05) is 24.0 Å². The largest absolute Gasteiger partial charge is 0.338 e. The van der Waals surface area contributed by atoms with E-state index in [2.05, 4.69) is 6.92 Å². The monoisotopic (exact) mass is 326 g/mol. The molecule has 1 aliphatic rings. The van der Waals surface area contributed by atoms with Gasteiger partial charge in [-0.3, -0.25) is 4.79 Å². The maximum Gasteiger partial charge on any atom is 0.255 e. The third kappa shape index (κ3) is 4.15. The Kier molecular flexibility index (Phi) is 5.97. The number of piperidine rings is 1. The summed E-state index contributed by atoms with van der Waals surface area (Å²) in [5.41, 5.74) is 6.73. The molecule has 2 N–H and O–H groups in total. The van der Waals surface area contributed by atoms with E-state index in [4.69, 9.17) is 17.3 Å². The van der Waals surface area contributed by atoms with Crippen molar-refractivity contribution in [1.82, 2.24) is 4.90 Å². The van der Waals surface area contributed by atoms with E-state index >= 15 is 0 Å². The van der Waals surface area contributed by atoms with E-state index in [0.29, 0.717) is 10.9 Å². The molecule has 21 heavy (non-hydrogen) atoms. The van der Waals surface area contributed by atoms with Crippen LogP contribution in [-0.4, -0.2) is 35.7 Å². The summed E-state index contributed by atoms with van der Waals surface area (Å²) in [4.78, 5) is 15.8. The molecule has 0 aromatic heterocycles. The first-order chi connectivity index (χ1) is 10.0. The number of hydrogen-bond acceptors (Lipinski definition) is 3. The molecule has 1 saturated heterocycles. The average molecular weight is 327 g/mol. The Balaban J connectivity index is 2.20. The highest BCUT2D eigenvalue weighted by Crippen LogP contribution is 2.28. The number of likely N-dealkylation sites (tertiary alicyclic amines) is 1. The molecule has 0 spiro atoms. The van der Waals surface area contributed by atoms with Crippen molar-refractivity contribution in [2.24, 2.45) is 11.7 Å². The predicted octanol–water partition coefficient (Wildman–Crippen LogP) is 3.65. The molecule has 116 valence electrons. The number of thioether (sulfide) groups is 1. The molecule has 2 atom stereocenters. The summed E-state index contributed by atoms with van der Waals surface area (Å²) in [5, 5.41) is 0.611. The van der Waals surface area contributed by atoms with E-state index in [9.17, 15) is 4.79 Å². The van der Waals surface area contributed by atoms with Crippen molar-refractivity contribution in [2.45, 2.75) is 37.6 Å². The molecule has 1 fully saturated rings. The van der Waals surface area contributed by atoms with Gasteiger partial charge in [0.25, 0.3) is 5.91 Å². The van der Waals surface area contributed by atoms with Crippen LogP contribution in [0, 0.1) is 5.92 Å². The van der Waals surface area contributed by atoms with Crippen molar-refractivity contribution < 1.29 is 4.79 Å². The van der Waals surface area contributed by atoms with Crippen LogP contribution in [0.4, 0.5) is 0 Å². The van der Waals surface area contributed by atoms with E-state index in [1.54, 1.807) is 17.8 Å². The van der Waals surface area contributed by atoms with Crippen molar-refractivity contribution in [1.29, 1.82) is 0 Å². The van der Waals surface area contributed by atoms with Gasteiger partial charge in [0, 0.05) is 29.0 Å². The van der Waals surface area contributed by atoms with Crippen molar-refractivity contribution >= 4 is 29.3 Å². The topological polar surface area (TPSA) is 46.3 Å². The number of rotatable bonds is 4. The number of carbonyl (C=O) groups excluding carboxylic acids is 1. The van der Waals surface area contributed by atoms with E-state index < -0.39 is 0 Å². The number of hydrogen-bond donors (Lipinski definition) is 1. The second kappa shape index (κ2) is 7.52. The van der Waals surface area contributed by atoms with Crippen molar-refractivity contribution in [2.75, 3.05) is 18.8 Å². The fourth-order valence-electron chi connectivity index (χ4n) is 2.74. The molecule has 0 saturated carbocycles. The van der Waals surface area contributed by atoms with Gasteiger partial charge in [0.05, 0.1) is 5.56 Å². The van der Waals surface area contributed by atoms with Gasteiger partial charge in [0.2, 0.25) is 0 Å². The number of amides is 1. The summed E-state index contributed by atoms with van der Waals surface area (Å²) in [5.74, 6) is 1.41. The zero-order valence-corrected chi connectivity index (χ0v) is 14.2. The first kappa shape index (κ1) is 16.7. The Morgan fingerprint density at radius 2 is 2.33 bits per heavy atom. The zero-order chi connectivity index (χ0) is 15.4.